The van der Waals surface area contributed by atoms with Gasteiger partial charge in [-0.25, -0.2) is 14.4 Å². The predicted octanol–water partition coefficient (Wildman–Crippen LogP) is 4.27. The van der Waals surface area contributed by atoms with Gasteiger partial charge in [0.05, 0.1) is 0 Å². The molecule has 264 valence electrons. The SMILES string of the molecule is COCC(=O)Oc1ccc(CC(=O)c2cc(NC(=O)c3ccc(OC(=O)COC)cc3)cc(C(=O)Nc3ccc(OC(=O)COC)cc3)c2)cc1. The zero-order chi connectivity index (χ0) is 36.8. The Balaban J connectivity index is 1.54. The van der Waals surface area contributed by atoms with Gasteiger partial charge in [-0.15, -0.1) is 0 Å². The zero-order valence-corrected chi connectivity index (χ0v) is 27.9. The van der Waals surface area contributed by atoms with Crippen LogP contribution in [0, 0.1) is 0 Å². The lowest BCUT2D eigenvalue weighted by atomic mass is 9.99. The van der Waals surface area contributed by atoms with Crippen molar-refractivity contribution < 1.29 is 57.2 Å². The van der Waals surface area contributed by atoms with E-state index in [1.54, 1.807) is 24.3 Å². The van der Waals surface area contributed by atoms with Crippen molar-refractivity contribution in [1.82, 2.24) is 0 Å². The summed E-state index contributed by atoms with van der Waals surface area (Å²) in [6.45, 7) is -0.676. The maximum atomic E-state index is 13.5. The van der Waals surface area contributed by atoms with E-state index in [2.05, 4.69) is 10.6 Å². The molecule has 0 saturated carbocycles. The highest BCUT2D eigenvalue weighted by Crippen LogP contribution is 2.23. The molecule has 0 aliphatic carbocycles. The molecule has 0 saturated heterocycles. The van der Waals surface area contributed by atoms with Crippen LogP contribution < -0.4 is 24.8 Å². The van der Waals surface area contributed by atoms with Gasteiger partial charge >= 0.3 is 17.9 Å². The van der Waals surface area contributed by atoms with Gasteiger partial charge < -0.3 is 39.1 Å². The maximum absolute atomic E-state index is 13.5. The smallest absolute Gasteiger partial charge is 0.337 e. The van der Waals surface area contributed by atoms with E-state index in [1.165, 1.54) is 88.1 Å². The molecule has 0 aliphatic heterocycles. The minimum absolute atomic E-state index is 0.0626. The van der Waals surface area contributed by atoms with Gasteiger partial charge in [0.25, 0.3) is 11.8 Å². The molecule has 0 bridgehead atoms. The second-order valence-corrected chi connectivity index (χ2v) is 10.7. The molecule has 4 aromatic rings. The number of esters is 3. The minimum Gasteiger partial charge on any atom is -0.425 e. The van der Waals surface area contributed by atoms with Crippen LogP contribution in [0.3, 0.4) is 0 Å². The third-order valence-corrected chi connectivity index (χ3v) is 6.77. The Kier molecular flexibility index (Phi) is 13.7. The molecule has 0 heterocycles. The first-order valence-corrected chi connectivity index (χ1v) is 15.3. The van der Waals surface area contributed by atoms with Crippen LogP contribution in [0.4, 0.5) is 11.4 Å². The van der Waals surface area contributed by atoms with Gasteiger partial charge in [0.1, 0.15) is 37.1 Å². The number of carbonyl (C=O) groups is 6. The molecular formula is C37H34N2O12. The highest BCUT2D eigenvalue weighted by molar-refractivity contribution is 6.10. The number of Topliss-reactive ketones (excluding diaryl/α,β-unsaturated/α-hetero) is 1. The molecule has 0 spiro atoms. The van der Waals surface area contributed by atoms with Crippen molar-refractivity contribution in [2.75, 3.05) is 51.8 Å². The molecule has 0 aliphatic rings. The largest absolute Gasteiger partial charge is 0.425 e. The van der Waals surface area contributed by atoms with Crippen LogP contribution in [0.5, 0.6) is 17.2 Å². The molecule has 0 fully saturated rings. The van der Waals surface area contributed by atoms with E-state index < -0.39 is 29.7 Å². The van der Waals surface area contributed by atoms with E-state index in [9.17, 15) is 28.8 Å². The molecule has 0 aromatic heterocycles. The molecule has 2 amide bonds. The molecule has 4 aromatic carbocycles. The number of anilines is 2. The van der Waals surface area contributed by atoms with Gasteiger partial charge in [-0.05, 0) is 84.4 Å². The minimum atomic E-state index is -0.607. The lowest BCUT2D eigenvalue weighted by molar-refractivity contribution is -0.139. The second kappa shape index (κ2) is 18.5. The fourth-order valence-corrected chi connectivity index (χ4v) is 4.48. The number of benzene rings is 4. The van der Waals surface area contributed by atoms with Crippen molar-refractivity contribution in [3.8, 4) is 17.2 Å². The Hall–Kier alpha value is -6.22. The van der Waals surface area contributed by atoms with Crippen LogP contribution in [0.1, 0.15) is 36.6 Å². The lowest BCUT2D eigenvalue weighted by Crippen LogP contribution is -2.17. The van der Waals surface area contributed by atoms with E-state index in [-0.39, 0.29) is 71.7 Å². The van der Waals surface area contributed by atoms with Crippen molar-refractivity contribution in [1.29, 1.82) is 0 Å². The average molecular weight is 699 g/mol. The van der Waals surface area contributed by atoms with Gasteiger partial charge in [0.15, 0.2) is 5.78 Å². The number of rotatable bonds is 16. The van der Waals surface area contributed by atoms with Gasteiger partial charge in [0, 0.05) is 55.8 Å². The topological polar surface area (TPSA) is 182 Å². The highest BCUT2D eigenvalue weighted by atomic mass is 16.6. The second-order valence-electron chi connectivity index (χ2n) is 10.7. The Bertz CT molecular complexity index is 1780. The van der Waals surface area contributed by atoms with Crippen LogP contribution >= 0.6 is 0 Å². The lowest BCUT2D eigenvalue weighted by Gasteiger charge is -2.12. The molecule has 0 unspecified atom stereocenters. The third kappa shape index (κ3) is 11.7. The highest BCUT2D eigenvalue weighted by Gasteiger charge is 2.17. The number of methoxy groups -OCH3 is 3. The molecule has 4 rings (SSSR count). The summed E-state index contributed by atoms with van der Waals surface area (Å²) in [5, 5.41) is 5.44. The quantitative estimate of drug-likeness (QED) is 0.0965. The van der Waals surface area contributed by atoms with Crippen molar-refractivity contribution in [3.05, 3.63) is 113 Å². The average Bonchev–Trinajstić information content (AvgIpc) is 3.10. The molecule has 14 heteroatoms. The first-order chi connectivity index (χ1) is 24.6. The molecular weight excluding hydrogens is 664 g/mol. The molecule has 2 N–H and O–H groups in total. The number of ether oxygens (including phenoxy) is 6. The van der Waals surface area contributed by atoms with Gasteiger partial charge in [0.2, 0.25) is 0 Å². The first kappa shape index (κ1) is 37.6. The van der Waals surface area contributed by atoms with Crippen LogP contribution in [0.25, 0.3) is 0 Å². The van der Waals surface area contributed by atoms with Crippen molar-refractivity contribution in [3.63, 3.8) is 0 Å². The van der Waals surface area contributed by atoms with E-state index >= 15 is 0 Å². The standard InChI is InChI=1S/C37H34N2O12/c1-46-20-33(41)49-29-10-4-23(5-11-29)16-32(40)25-17-26(37(45)38-27-8-14-31(15-9-27)51-35(43)22-48-3)19-28(18-25)39-36(44)24-6-12-30(13-7-24)50-34(42)21-47-2/h4-15,17-19H,16,20-22H2,1-3H3,(H,38,45)(H,39,44). The molecule has 0 atom stereocenters. The van der Waals surface area contributed by atoms with Crippen molar-refractivity contribution in [2.45, 2.75) is 6.42 Å². The molecule has 14 nitrogen and oxygen atoms in total. The van der Waals surface area contributed by atoms with Crippen molar-refractivity contribution >= 4 is 46.9 Å². The summed E-state index contributed by atoms with van der Waals surface area (Å²) in [6.07, 6.45) is -0.0722. The third-order valence-electron chi connectivity index (χ3n) is 6.77. The summed E-state index contributed by atoms with van der Waals surface area (Å²) in [7, 11) is 4.10. The fraction of sp³-hybridized carbons (Fsp3) is 0.189. The Morgan fingerprint density at radius 1 is 0.471 bits per heavy atom. The van der Waals surface area contributed by atoms with E-state index in [0.29, 0.717) is 11.3 Å². The Morgan fingerprint density at radius 3 is 1.37 bits per heavy atom. The molecule has 51 heavy (non-hydrogen) atoms. The van der Waals surface area contributed by atoms with E-state index in [4.69, 9.17) is 28.4 Å². The number of nitrogens with one attached hydrogen (secondary N) is 2. The summed E-state index contributed by atoms with van der Waals surface area (Å²) < 4.78 is 29.7. The van der Waals surface area contributed by atoms with Crippen LogP contribution in [-0.2, 0) is 35.0 Å². The zero-order valence-electron chi connectivity index (χ0n) is 27.9. The first-order valence-electron chi connectivity index (χ1n) is 15.3. The number of ketones is 1. The number of hydrogen-bond donors (Lipinski definition) is 2. The molecule has 0 radical (unpaired) electrons. The Morgan fingerprint density at radius 2 is 0.882 bits per heavy atom. The van der Waals surface area contributed by atoms with Gasteiger partial charge in [-0.3, -0.25) is 14.4 Å². The van der Waals surface area contributed by atoms with Gasteiger partial charge in [-0.2, -0.15) is 0 Å². The van der Waals surface area contributed by atoms with Crippen LogP contribution in [-0.4, -0.2) is 76.7 Å². The Labute approximate surface area is 292 Å². The number of carbonyl (C=O) groups excluding carboxylic acids is 6. The van der Waals surface area contributed by atoms with Crippen LogP contribution in [0.15, 0.2) is 91.0 Å². The van der Waals surface area contributed by atoms with Crippen LogP contribution in [0.2, 0.25) is 0 Å². The van der Waals surface area contributed by atoms with E-state index in [1.807, 2.05) is 0 Å². The number of hydrogen-bond acceptors (Lipinski definition) is 12. The maximum Gasteiger partial charge on any atom is 0.337 e. The number of amides is 2. The van der Waals surface area contributed by atoms with Crippen molar-refractivity contribution in [2.24, 2.45) is 0 Å². The normalized spacial score (nSPS) is 10.5. The van der Waals surface area contributed by atoms with Gasteiger partial charge in [-0.1, -0.05) is 12.1 Å². The fourth-order valence-electron chi connectivity index (χ4n) is 4.48. The predicted molar refractivity (Wildman–Crippen MR) is 182 cm³/mol. The summed E-state index contributed by atoms with van der Waals surface area (Å²) in [5.41, 5.74) is 1.53. The summed E-state index contributed by atoms with van der Waals surface area (Å²) in [5.74, 6) is -2.55. The summed E-state index contributed by atoms with van der Waals surface area (Å²) in [4.78, 5) is 75.2. The summed E-state index contributed by atoms with van der Waals surface area (Å²) in [6, 6.07) is 22.4. The summed E-state index contributed by atoms with van der Waals surface area (Å²) >= 11 is 0. The van der Waals surface area contributed by atoms with E-state index in [0.717, 1.165) is 0 Å². The monoisotopic (exact) mass is 698 g/mol.